The Kier molecular flexibility index (Phi) is 5.57. The molecule has 1 aromatic heterocycles. The van der Waals surface area contributed by atoms with Crippen molar-refractivity contribution in [2.75, 3.05) is 0 Å². The van der Waals surface area contributed by atoms with Gasteiger partial charge in [0.2, 0.25) is 0 Å². The number of para-hydroxylation sites is 1. The van der Waals surface area contributed by atoms with Crippen LogP contribution in [0, 0.1) is 10.8 Å². The van der Waals surface area contributed by atoms with Gasteiger partial charge in [-0.3, -0.25) is 4.57 Å². The predicted molar refractivity (Wildman–Crippen MR) is 142 cm³/mol. The molecule has 0 amide bonds. The molecule has 4 aromatic rings. The third-order valence-corrected chi connectivity index (χ3v) is 7.28. The zero-order valence-electron chi connectivity index (χ0n) is 20.4. The second-order valence-electron chi connectivity index (χ2n) is 10.3. The minimum absolute atomic E-state index is 0.115. The van der Waals surface area contributed by atoms with E-state index in [-0.39, 0.29) is 10.8 Å². The molecule has 1 atom stereocenters. The van der Waals surface area contributed by atoms with Crippen molar-refractivity contribution in [3.63, 3.8) is 0 Å². The highest BCUT2D eigenvalue weighted by Gasteiger charge is 2.36. The molecule has 0 radical (unpaired) electrons. The van der Waals surface area contributed by atoms with Crippen LogP contribution in [0.2, 0.25) is 0 Å². The van der Waals surface area contributed by atoms with E-state index in [2.05, 4.69) is 133 Å². The highest BCUT2D eigenvalue weighted by molar-refractivity contribution is 5.75. The van der Waals surface area contributed by atoms with Gasteiger partial charge in [-0.2, -0.15) is 0 Å². The Balaban J connectivity index is 1.56. The minimum Gasteiger partial charge on any atom is -0.275 e. The van der Waals surface area contributed by atoms with Crippen molar-refractivity contribution in [2.45, 2.75) is 34.1 Å². The van der Waals surface area contributed by atoms with E-state index < -0.39 is 0 Å². The number of aromatic nitrogens is 3. The van der Waals surface area contributed by atoms with Gasteiger partial charge in [0.15, 0.2) is 11.6 Å². The summed E-state index contributed by atoms with van der Waals surface area (Å²) < 4.78 is 2.17. The van der Waals surface area contributed by atoms with E-state index in [1.165, 1.54) is 11.1 Å². The zero-order chi connectivity index (χ0) is 23.8. The van der Waals surface area contributed by atoms with Crippen molar-refractivity contribution >= 4 is 5.57 Å². The molecule has 0 bridgehead atoms. The van der Waals surface area contributed by atoms with E-state index >= 15 is 0 Å². The average molecular weight is 446 g/mol. The highest BCUT2D eigenvalue weighted by Crippen LogP contribution is 2.46. The third kappa shape index (κ3) is 4.03. The van der Waals surface area contributed by atoms with E-state index in [0.717, 1.165) is 34.9 Å². The molecule has 5 rings (SSSR count). The first-order valence-corrected chi connectivity index (χ1v) is 11.9. The molecule has 3 nitrogen and oxygen atoms in total. The Labute approximate surface area is 202 Å². The monoisotopic (exact) mass is 445 g/mol. The van der Waals surface area contributed by atoms with E-state index in [4.69, 9.17) is 0 Å². The van der Waals surface area contributed by atoms with Gasteiger partial charge < -0.3 is 0 Å². The lowest BCUT2D eigenvalue weighted by Crippen LogP contribution is -2.31. The van der Waals surface area contributed by atoms with Crippen LogP contribution in [0.15, 0.2) is 103 Å². The standard InChI is InChI=1S/C31H31N3/c1-30(2,3)31(4)21-19-26(20-22-31)29-33-32-28(34(29)27-13-9-6-10-14-27)25-17-15-24(16-18-25)23-11-7-5-8-12-23/h5-21H,22H2,1-4H3. The molecule has 0 saturated carbocycles. The molecule has 3 aromatic carbocycles. The maximum Gasteiger partial charge on any atom is 0.168 e. The first-order chi connectivity index (χ1) is 16.4. The Bertz CT molecular complexity index is 1340. The van der Waals surface area contributed by atoms with E-state index in [9.17, 15) is 0 Å². The second kappa shape index (κ2) is 8.57. The van der Waals surface area contributed by atoms with Crippen LogP contribution >= 0.6 is 0 Å². The van der Waals surface area contributed by atoms with Crippen molar-refractivity contribution in [3.05, 3.63) is 109 Å². The lowest BCUT2D eigenvalue weighted by atomic mass is 9.64. The average Bonchev–Trinajstić information content (AvgIpc) is 3.30. The van der Waals surface area contributed by atoms with Crippen molar-refractivity contribution in [1.29, 1.82) is 0 Å². The van der Waals surface area contributed by atoms with Crippen LogP contribution in [-0.2, 0) is 0 Å². The SMILES string of the molecule is CC(C)(C)C1(C)C=CC(c2nnc(-c3ccc(-c4ccccc4)cc3)n2-c2ccccc2)=CC1. The van der Waals surface area contributed by atoms with Crippen LogP contribution in [0.1, 0.15) is 39.9 Å². The molecule has 3 heteroatoms. The summed E-state index contributed by atoms with van der Waals surface area (Å²) in [7, 11) is 0. The first-order valence-electron chi connectivity index (χ1n) is 11.9. The van der Waals surface area contributed by atoms with Crippen molar-refractivity contribution in [2.24, 2.45) is 10.8 Å². The normalized spacial score (nSPS) is 18.1. The summed E-state index contributed by atoms with van der Waals surface area (Å²) in [6, 6.07) is 29.4. The fraction of sp³-hybridized carbons (Fsp3) is 0.226. The molecule has 0 N–H and O–H groups in total. The van der Waals surface area contributed by atoms with Gasteiger partial charge in [0.05, 0.1) is 0 Å². The molecule has 0 fully saturated rings. The molecule has 0 saturated heterocycles. The van der Waals surface area contributed by atoms with Gasteiger partial charge in [0.25, 0.3) is 0 Å². The Morgan fingerprint density at radius 2 is 1.26 bits per heavy atom. The Hall–Kier alpha value is -3.72. The van der Waals surface area contributed by atoms with Gasteiger partial charge in [-0.1, -0.05) is 119 Å². The largest absolute Gasteiger partial charge is 0.275 e. The summed E-state index contributed by atoms with van der Waals surface area (Å²) in [6.07, 6.45) is 7.86. The van der Waals surface area contributed by atoms with Crippen LogP contribution in [-0.4, -0.2) is 14.8 Å². The van der Waals surface area contributed by atoms with Crippen molar-refractivity contribution in [3.8, 4) is 28.2 Å². The smallest absolute Gasteiger partial charge is 0.168 e. The summed E-state index contributed by atoms with van der Waals surface area (Å²) in [5.41, 5.74) is 5.91. The van der Waals surface area contributed by atoms with Crippen molar-refractivity contribution < 1.29 is 0 Å². The molecule has 1 aliphatic carbocycles. The van der Waals surface area contributed by atoms with Gasteiger partial charge in [-0.05, 0) is 40.5 Å². The maximum absolute atomic E-state index is 4.68. The van der Waals surface area contributed by atoms with Crippen LogP contribution in [0.5, 0.6) is 0 Å². The molecule has 1 heterocycles. The fourth-order valence-corrected chi connectivity index (χ4v) is 4.38. The Morgan fingerprint density at radius 3 is 1.85 bits per heavy atom. The molecule has 1 aliphatic rings. The van der Waals surface area contributed by atoms with Gasteiger partial charge >= 0.3 is 0 Å². The highest BCUT2D eigenvalue weighted by atomic mass is 15.3. The summed E-state index contributed by atoms with van der Waals surface area (Å²) in [5, 5.41) is 9.34. The van der Waals surface area contributed by atoms with Crippen molar-refractivity contribution in [1.82, 2.24) is 14.8 Å². The maximum atomic E-state index is 4.68. The van der Waals surface area contributed by atoms with Gasteiger partial charge in [0, 0.05) is 16.8 Å². The predicted octanol–water partition coefficient (Wildman–Crippen LogP) is 8.00. The molecule has 0 aliphatic heterocycles. The zero-order valence-corrected chi connectivity index (χ0v) is 20.4. The van der Waals surface area contributed by atoms with Crippen LogP contribution in [0.4, 0.5) is 0 Å². The third-order valence-electron chi connectivity index (χ3n) is 7.28. The molecule has 170 valence electrons. The molecule has 1 unspecified atom stereocenters. The second-order valence-corrected chi connectivity index (χ2v) is 10.3. The Morgan fingerprint density at radius 1 is 0.706 bits per heavy atom. The van der Waals surface area contributed by atoms with E-state index in [0.29, 0.717) is 0 Å². The molecule has 0 spiro atoms. The van der Waals surface area contributed by atoms with Crippen LogP contribution < -0.4 is 0 Å². The molecular weight excluding hydrogens is 414 g/mol. The molecular formula is C31H31N3. The first kappa shape index (κ1) is 22.1. The summed E-state index contributed by atoms with van der Waals surface area (Å²) in [4.78, 5) is 0. The number of benzene rings is 3. The lowest BCUT2D eigenvalue weighted by molar-refractivity contribution is 0.170. The van der Waals surface area contributed by atoms with Crippen LogP contribution in [0.3, 0.4) is 0 Å². The van der Waals surface area contributed by atoms with E-state index in [1.807, 2.05) is 12.1 Å². The number of allylic oxidation sites excluding steroid dienone is 4. The van der Waals surface area contributed by atoms with Crippen LogP contribution in [0.25, 0.3) is 33.8 Å². The molecule has 34 heavy (non-hydrogen) atoms. The quantitative estimate of drug-likeness (QED) is 0.319. The summed E-state index contributed by atoms with van der Waals surface area (Å²) in [5.74, 6) is 1.72. The summed E-state index contributed by atoms with van der Waals surface area (Å²) >= 11 is 0. The number of hydrogen-bond acceptors (Lipinski definition) is 2. The summed E-state index contributed by atoms with van der Waals surface area (Å²) in [6.45, 7) is 9.25. The minimum atomic E-state index is 0.115. The topological polar surface area (TPSA) is 30.7 Å². The van der Waals surface area contributed by atoms with E-state index in [1.54, 1.807) is 0 Å². The van der Waals surface area contributed by atoms with Gasteiger partial charge in [-0.25, -0.2) is 0 Å². The number of hydrogen-bond donors (Lipinski definition) is 0. The fourth-order valence-electron chi connectivity index (χ4n) is 4.38. The van der Waals surface area contributed by atoms with Gasteiger partial charge in [0.1, 0.15) is 0 Å². The number of nitrogens with zero attached hydrogens (tertiary/aromatic N) is 3. The lowest BCUT2D eigenvalue weighted by Gasteiger charge is -2.40. The number of rotatable bonds is 4. The van der Waals surface area contributed by atoms with Gasteiger partial charge in [-0.15, -0.1) is 10.2 Å².